The van der Waals surface area contributed by atoms with Gasteiger partial charge in [0, 0.05) is 106 Å². The van der Waals surface area contributed by atoms with E-state index in [0.717, 1.165) is 27.8 Å². The number of ether oxygens (including phenoxy) is 8. The average Bonchev–Trinajstić information content (AvgIpc) is 1.62. The van der Waals surface area contributed by atoms with Crippen molar-refractivity contribution in [1.29, 1.82) is 0 Å². The first-order chi connectivity index (χ1) is 51.4. The van der Waals surface area contributed by atoms with Crippen molar-refractivity contribution in [1.82, 2.24) is 31.1 Å². The Balaban J connectivity index is 0.748. The molecule has 2 aliphatic rings. The molecule has 35 heteroatoms. The highest BCUT2D eigenvalue weighted by Crippen LogP contribution is 2.50. The number of nitrogens with two attached hydrogens (primary N) is 1. The summed E-state index contributed by atoms with van der Waals surface area (Å²) in [5, 5.41) is 49.8. The first-order valence-corrected chi connectivity index (χ1v) is 39.1. The van der Waals surface area contributed by atoms with Crippen LogP contribution in [0, 0.1) is 5.92 Å². The van der Waals surface area contributed by atoms with Gasteiger partial charge in [0.25, 0.3) is 11.8 Å². The van der Waals surface area contributed by atoms with E-state index in [9.17, 15) is 58.4 Å². The van der Waals surface area contributed by atoms with Crippen LogP contribution in [0.2, 0.25) is 0 Å². The lowest BCUT2D eigenvalue weighted by atomic mass is 9.95. The Bertz CT molecular complexity index is 3940. The number of amides is 7. The number of thiophene rings is 1. The molecule has 0 fully saturated rings. The van der Waals surface area contributed by atoms with Gasteiger partial charge < -0.3 is 99.0 Å². The minimum absolute atomic E-state index is 0.0119. The van der Waals surface area contributed by atoms with Crippen LogP contribution >= 0.6 is 46.7 Å². The number of benzene rings is 5. The minimum atomic E-state index is -4.99. The molecule has 12 N–H and O–H groups in total. The number of carbonyl (C=O) groups excluding carboxylic acids is 6. The topological polar surface area (TPSA) is 403 Å². The van der Waals surface area contributed by atoms with Crippen molar-refractivity contribution in [2.75, 3.05) is 159 Å². The summed E-state index contributed by atoms with van der Waals surface area (Å²) < 4.78 is 61.9. The zero-order valence-electron chi connectivity index (χ0n) is 60.2. The van der Waals surface area contributed by atoms with Crippen LogP contribution in [0.4, 0.5) is 31.4 Å². The molecule has 0 bridgehead atoms. The monoisotopic (exact) mass is 1610 g/mol. The normalized spacial score (nSPS) is 14.8. The molecular formula is C72H97BrClN10O21PS. The highest BCUT2D eigenvalue weighted by atomic mass is 79.9. The predicted molar refractivity (Wildman–Crippen MR) is 407 cm³/mol. The number of phosphoric ester groups is 1. The van der Waals surface area contributed by atoms with Crippen LogP contribution in [0.15, 0.2) is 97.1 Å². The number of anilines is 3. The number of rotatable bonds is 46. The predicted octanol–water partition coefficient (Wildman–Crippen LogP) is 6.80. The third-order valence-corrected chi connectivity index (χ3v) is 20.0. The van der Waals surface area contributed by atoms with Crippen LogP contribution in [-0.2, 0) is 55.5 Å². The van der Waals surface area contributed by atoms with E-state index in [1.165, 1.54) is 34.9 Å². The Morgan fingerprint density at radius 2 is 1.24 bits per heavy atom. The van der Waals surface area contributed by atoms with Crippen molar-refractivity contribution in [3.8, 4) is 11.5 Å². The number of alkyl halides is 2. The van der Waals surface area contributed by atoms with Gasteiger partial charge in [-0.25, -0.2) is 18.9 Å². The molecule has 8 rings (SSSR count). The quantitative estimate of drug-likeness (QED) is 0.00809. The highest BCUT2D eigenvalue weighted by Gasteiger charge is 2.38. The van der Waals surface area contributed by atoms with E-state index >= 15 is 0 Å². The summed E-state index contributed by atoms with van der Waals surface area (Å²) >= 11 is 10.7. The molecule has 6 aromatic rings. The summed E-state index contributed by atoms with van der Waals surface area (Å²) in [6, 6.07) is 25.0. The van der Waals surface area contributed by atoms with E-state index < -0.39 is 62.7 Å². The van der Waals surface area contributed by atoms with E-state index in [0.29, 0.717) is 136 Å². The number of halogens is 2. The van der Waals surface area contributed by atoms with E-state index in [2.05, 4.69) is 42.5 Å². The van der Waals surface area contributed by atoms with Gasteiger partial charge in [0.15, 0.2) is 0 Å². The summed E-state index contributed by atoms with van der Waals surface area (Å²) in [4.78, 5) is 106. The van der Waals surface area contributed by atoms with Crippen molar-refractivity contribution in [3.05, 3.63) is 124 Å². The fourth-order valence-electron chi connectivity index (χ4n) is 12.0. The Labute approximate surface area is 638 Å². The fraction of sp³-hybridized carbons (Fsp3) is 0.500. The number of carbonyl (C=O) groups is 6. The van der Waals surface area contributed by atoms with Gasteiger partial charge in [-0.2, -0.15) is 0 Å². The van der Waals surface area contributed by atoms with Gasteiger partial charge in [0.2, 0.25) is 5.91 Å². The third kappa shape index (κ3) is 25.9. The van der Waals surface area contributed by atoms with Crippen molar-refractivity contribution in [3.63, 3.8) is 0 Å². The minimum Gasteiger partial charge on any atom is -0.445 e. The summed E-state index contributed by atoms with van der Waals surface area (Å²) in [6.07, 6.45) is -3.49. The lowest BCUT2D eigenvalue weighted by Crippen LogP contribution is -2.58. The van der Waals surface area contributed by atoms with E-state index in [-0.39, 0.29) is 110 Å². The number of fused-ring (bicyclic) bond motifs is 6. The summed E-state index contributed by atoms with van der Waals surface area (Å²) in [5.41, 5.74) is 8.90. The number of nitrogens with one attached hydrogen (secondary N) is 5. The molecule has 0 aliphatic carbocycles. The van der Waals surface area contributed by atoms with Gasteiger partial charge in [0.05, 0.1) is 112 Å². The molecule has 0 saturated heterocycles. The van der Waals surface area contributed by atoms with Crippen molar-refractivity contribution in [2.24, 2.45) is 11.7 Å². The second-order valence-electron chi connectivity index (χ2n) is 25.6. The van der Waals surface area contributed by atoms with Crippen molar-refractivity contribution < 1.29 is 101 Å². The number of aliphatic hydroxyl groups excluding tert-OH is 3. The number of hydrogen-bond donors (Lipinski definition) is 11. The van der Waals surface area contributed by atoms with E-state index in [1.54, 1.807) is 71.6 Å². The zero-order chi connectivity index (χ0) is 77.0. The molecule has 0 spiro atoms. The molecule has 7 amide bonds. The lowest BCUT2D eigenvalue weighted by Gasteiger charge is -2.33. The number of primary amides is 1. The number of phosphoric acid groups is 1. The summed E-state index contributed by atoms with van der Waals surface area (Å²) in [7, 11) is -1.95. The lowest BCUT2D eigenvalue weighted by molar-refractivity contribution is -0.124. The number of urea groups is 1. The van der Waals surface area contributed by atoms with Gasteiger partial charge in [-0.15, -0.1) is 22.9 Å². The van der Waals surface area contributed by atoms with Crippen LogP contribution in [0.3, 0.4) is 0 Å². The molecule has 2 aliphatic heterocycles. The SMILES string of the molecule is CC(C)[C@H](NC(=O)CCOCCOCCOCCOCCOCCOCCNC(O)CBr)C(O)N[C@@H](CCCNC(N)=O)C(O)Nc1ccc(COC(=O)N(C)CCN(C)C(=O)Oc2cc3c(c4ccccc24)CCN3C(=O)c2ccc(C(=O)N3CC(CCl)c4c3cc(OP(=O)(O)O)c3ccccc43)s2)cc1. The molecule has 1 aromatic heterocycles. The van der Waals surface area contributed by atoms with Crippen LogP contribution in [0.5, 0.6) is 11.5 Å². The van der Waals surface area contributed by atoms with Gasteiger partial charge in [-0.1, -0.05) is 90.4 Å². The fourth-order valence-corrected chi connectivity index (χ4v) is 13.7. The molecule has 0 saturated carbocycles. The molecule has 586 valence electrons. The zero-order valence-corrected chi connectivity index (χ0v) is 64.3. The molecule has 6 atom stereocenters. The third-order valence-electron chi connectivity index (χ3n) is 17.5. The molecule has 4 unspecified atom stereocenters. The van der Waals surface area contributed by atoms with Gasteiger partial charge in [-0.05, 0) is 76.9 Å². The van der Waals surface area contributed by atoms with Crippen LogP contribution in [-0.4, -0.2) is 245 Å². The Kier molecular flexibility index (Phi) is 34.4. The smallest absolute Gasteiger partial charge is 0.445 e. The molecule has 0 radical (unpaired) electrons. The number of hydrogen-bond acceptors (Lipinski definition) is 23. The highest BCUT2D eigenvalue weighted by molar-refractivity contribution is 9.09. The number of nitrogens with zero attached hydrogens (tertiary/aromatic N) is 4. The standard InChI is InChI=1S/C72H97BrClN10O21PS/c1-46(2)65(80-62(85)22-28-97-30-32-99-34-36-101-38-39-102-37-35-100-33-31-98-29-24-76-63(86)42-73)67(88)79-55(14-9-23-77-70(75)91)66(87)78-49-17-15-47(16-18-49)45-103-71(92)81(3)26-27-82(4)72(93)104-58-40-56-51(50-10-5-6-11-52(50)58)21-25-83(56)68(89)60-19-20-61(107-60)69(90)84-44-48(43-74)64-54-13-8-7-12-53(54)59(41-57(64)84)105-106(94,95)96/h5-8,10-13,15-20,40-41,46,48,55,63,65-67,76,78-79,86-88H,9,14,21-39,42-45H2,1-4H3,(H,80,85)(H3,75,77,91)(H2,94,95,96)/t48?,55-,63?,65-,66?,67?/m0/s1. The van der Waals surface area contributed by atoms with Crippen LogP contribution in [0.1, 0.15) is 75.1 Å². The average molecular weight is 1620 g/mol. The Morgan fingerprint density at radius 1 is 0.692 bits per heavy atom. The van der Waals surface area contributed by atoms with Crippen molar-refractivity contribution in [2.45, 2.75) is 82.8 Å². The molecular weight excluding hydrogens is 1520 g/mol. The first-order valence-electron chi connectivity index (χ1n) is 35.1. The largest absolute Gasteiger partial charge is 0.524 e. The summed E-state index contributed by atoms with van der Waals surface area (Å²) in [5.74, 6) is -1.49. The maximum absolute atomic E-state index is 14.5. The van der Waals surface area contributed by atoms with Gasteiger partial charge >= 0.3 is 26.0 Å². The number of likely N-dealkylation sites (N-methyl/N-ethyl adjacent to an activating group) is 2. The maximum Gasteiger partial charge on any atom is 0.524 e. The molecule has 5 aromatic carbocycles. The first kappa shape index (κ1) is 85.2. The molecule has 107 heavy (non-hydrogen) atoms. The van der Waals surface area contributed by atoms with Gasteiger partial charge in [0.1, 0.15) is 36.8 Å². The maximum atomic E-state index is 14.5. The molecule has 31 nitrogen and oxygen atoms in total. The van der Waals surface area contributed by atoms with E-state index in [1.807, 2.05) is 38.1 Å². The van der Waals surface area contributed by atoms with E-state index in [4.69, 9.17) is 59.8 Å². The van der Waals surface area contributed by atoms with Crippen molar-refractivity contribution >= 4 is 121 Å². The number of aliphatic hydroxyl groups is 3. The van der Waals surface area contributed by atoms with Crippen LogP contribution in [0.25, 0.3) is 21.5 Å². The summed E-state index contributed by atoms with van der Waals surface area (Å²) in [6.45, 7) is 9.21. The Hall–Kier alpha value is -7.38. The second-order valence-corrected chi connectivity index (χ2v) is 28.8. The molecule has 3 heterocycles. The van der Waals surface area contributed by atoms with Crippen LogP contribution < -0.4 is 51.4 Å². The second kappa shape index (κ2) is 43.1. The Morgan fingerprint density at radius 3 is 1.82 bits per heavy atom. The van der Waals surface area contributed by atoms with Gasteiger partial charge in [-0.3, -0.25) is 34.8 Å².